The van der Waals surface area contributed by atoms with Crippen LogP contribution >= 0.6 is 0 Å². The molecule has 0 aliphatic carbocycles. The van der Waals surface area contributed by atoms with E-state index in [1.165, 1.54) is 6.42 Å². The van der Waals surface area contributed by atoms with Gasteiger partial charge in [-0.15, -0.1) is 0 Å². The fourth-order valence-electron chi connectivity index (χ4n) is 7.20. The van der Waals surface area contributed by atoms with E-state index in [0.717, 1.165) is 96.3 Å². The van der Waals surface area contributed by atoms with Crippen molar-refractivity contribution < 1.29 is 64.6 Å². The predicted molar refractivity (Wildman–Crippen MR) is 235 cm³/mol. The van der Waals surface area contributed by atoms with Gasteiger partial charge in [-0.1, -0.05) is 132 Å². The summed E-state index contributed by atoms with van der Waals surface area (Å²) in [5.41, 5.74) is 0. The third-order valence-electron chi connectivity index (χ3n) is 11.0. The third kappa shape index (κ3) is 22.2. The number of allylic oxidation sites excluding steroid dienone is 10. The average molecular weight is 868 g/mol. The highest BCUT2D eigenvalue weighted by atomic mass is 16.7. The van der Waals surface area contributed by atoms with Gasteiger partial charge in [0.2, 0.25) is 5.91 Å². The molecule has 2 heterocycles. The number of carbonyl (C=O) groups excluding carboxylic acids is 1. The van der Waals surface area contributed by atoms with Gasteiger partial charge in [-0.2, -0.15) is 0 Å². The van der Waals surface area contributed by atoms with E-state index in [4.69, 9.17) is 18.9 Å². The number of rotatable bonds is 33. The smallest absolute Gasteiger partial charge is 0.220 e. The van der Waals surface area contributed by atoms with E-state index in [0.29, 0.717) is 12.8 Å². The van der Waals surface area contributed by atoms with Crippen LogP contribution in [0.4, 0.5) is 0 Å². The Morgan fingerprint density at radius 3 is 1.72 bits per heavy atom. The van der Waals surface area contributed by atoms with Gasteiger partial charge in [-0.05, 0) is 57.8 Å². The molecule has 0 saturated carbocycles. The summed E-state index contributed by atoms with van der Waals surface area (Å²) in [5.74, 6) is -0.232. The molecule has 352 valence electrons. The van der Waals surface area contributed by atoms with E-state index >= 15 is 0 Å². The van der Waals surface area contributed by atoms with Gasteiger partial charge in [0.25, 0.3) is 0 Å². The summed E-state index contributed by atoms with van der Waals surface area (Å²) < 4.78 is 22.5. The zero-order chi connectivity index (χ0) is 44.7. The number of aliphatic hydroxyl groups excluding tert-OH is 8. The van der Waals surface area contributed by atoms with Gasteiger partial charge in [0.05, 0.1) is 32.0 Å². The molecule has 0 aromatic rings. The predicted octanol–water partition coefficient (Wildman–Crippen LogP) is 4.71. The molecular formula is C47H81NO13. The van der Waals surface area contributed by atoms with Crippen molar-refractivity contribution in [2.45, 2.75) is 209 Å². The second kappa shape index (κ2) is 34.1. The highest BCUT2D eigenvalue weighted by Crippen LogP contribution is 2.30. The standard InChI is InChI=1S/C47H81NO13/c1-3-5-7-9-10-11-12-13-14-15-16-17-18-19-20-21-22-23-24-25-26-27-29-31-39(52)48-35(36(51)30-28-8-6-4-2)34-58-46-44(57)42(55)45(38(33-50)60-46)61-47-43(56)41(54)40(53)37(32-49)59-47/h5,7,10-11,13-14,16-17,19-20,35-38,40-47,49-51,53-57H,3-4,6,8-9,12,15,18,21-34H2,1-2H3,(H,48,52)/b7-5-,11-10-,14-13-,17-16-,20-19-. The number of hydrogen-bond donors (Lipinski definition) is 9. The van der Waals surface area contributed by atoms with Gasteiger partial charge >= 0.3 is 0 Å². The van der Waals surface area contributed by atoms with E-state index < -0.39 is 86.8 Å². The quantitative estimate of drug-likeness (QED) is 0.0322. The molecule has 0 bridgehead atoms. The molecule has 2 rings (SSSR count). The molecule has 0 radical (unpaired) electrons. The molecule has 2 aliphatic rings. The van der Waals surface area contributed by atoms with Gasteiger partial charge < -0.3 is 65.1 Å². The molecule has 2 aliphatic heterocycles. The second-order valence-electron chi connectivity index (χ2n) is 16.2. The zero-order valence-corrected chi connectivity index (χ0v) is 36.9. The maximum atomic E-state index is 13.0. The Hall–Kier alpha value is -2.31. The Bertz CT molecular complexity index is 1260. The van der Waals surface area contributed by atoms with Crippen molar-refractivity contribution in [3.05, 3.63) is 60.8 Å². The van der Waals surface area contributed by atoms with Crippen LogP contribution in [0.3, 0.4) is 0 Å². The fourth-order valence-corrected chi connectivity index (χ4v) is 7.20. The van der Waals surface area contributed by atoms with E-state index in [9.17, 15) is 45.6 Å². The monoisotopic (exact) mass is 868 g/mol. The number of aliphatic hydroxyl groups is 8. The first-order chi connectivity index (χ1) is 29.6. The molecule has 0 aromatic heterocycles. The Morgan fingerprint density at radius 1 is 0.607 bits per heavy atom. The van der Waals surface area contributed by atoms with Gasteiger partial charge in [0.15, 0.2) is 12.6 Å². The first-order valence-electron chi connectivity index (χ1n) is 23.0. The van der Waals surface area contributed by atoms with Crippen molar-refractivity contribution in [3.8, 4) is 0 Å². The van der Waals surface area contributed by atoms with Crippen molar-refractivity contribution in [2.75, 3.05) is 19.8 Å². The van der Waals surface area contributed by atoms with E-state index in [2.05, 4.69) is 79.9 Å². The zero-order valence-electron chi connectivity index (χ0n) is 36.9. The SMILES string of the molecule is CC/C=C\C/C=C\C/C=C\C/C=C\C/C=C\CCCCCCCCCC(=O)NC(COC1OC(CO)C(OC2OC(CO)C(O)C(O)C2O)C(O)C1O)C(O)CCCCCC. The van der Waals surface area contributed by atoms with E-state index in [1.807, 2.05) is 0 Å². The molecule has 9 N–H and O–H groups in total. The highest BCUT2D eigenvalue weighted by Gasteiger charge is 2.51. The largest absolute Gasteiger partial charge is 0.394 e. The molecule has 12 unspecified atom stereocenters. The second-order valence-corrected chi connectivity index (χ2v) is 16.2. The van der Waals surface area contributed by atoms with Crippen LogP contribution < -0.4 is 5.32 Å². The normalized spacial score (nSPS) is 28.6. The van der Waals surface area contributed by atoms with Crippen molar-refractivity contribution in [1.82, 2.24) is 5.32 Å². The Labute approximate surface area is 365 Å². The number of carbonyl (C=O) groups is 1. The van der Waals surface area contributed by atoms with Crippen molar-refractivity contribution in [3.63, 3.8) is 0 Å². The van der Waals surface area contributed by atoms with Gasteiger partial charge in [-0.3, -0.25) is 4.79 Å². The molecule has 12 atom stereocenters. The van der Waals surface area contributed by atoms with Crippen LogP contribution in [-0.2, 0) is 23.7 Å². The molecular weight excluding hydrogens is 787 g/mol. The van der Waals surface area contributed by atoms with Crippen LogP contribution in [0.1, 0.15) is 136 Å². The van der Waals surface area contributed by atoms with Crippen LogP contribution in [0.15, 0.2) is 60.8 Å². The summed E-state index contributed by atoms with van der Waals surface area (Å²) in [5, 5.41) is 86.0. The number of amides is 1. The fraction of sp³-hybridized carbons (Fsp3) is 0.766. The summed E-state index contributed by atoms with van der Waals surface area (Å²) in [6, 6.07) is -0.833. The van der Waals surface area contributed by atoms with Gasteiger partial charge in [-0.25, -0.2) is 0 Å². The molecule has 1 amide bonds. The topological polar surface area (TPSA) is 228 Å². The molecule has 14 heteroatoms. The summed E-state index contributed by atoms with van der Waals surface area (Å²) >= 11 is 0. The summed E-state index contributed by atoms with van der Waals surface area (Å²) in [4.78, 5) is 13.0. The van der Waals surface area contributed by atoms with Crippen LogP contribution in [0.25, 0.3) is 0 Å². The first-order valence-corrected chi connectivity index (χ1v) is 23.0. The number of unbranched alkanes of at least 4 members (excludes halogenated alkanes) is 10. The summed E-state index contributed by atoms with van der Waals surface area (Å²) in [6.45, 7) is 2.56. The number of hydrogen-bond acceptors (Lipinski definition) is 13. The minimum atomic E-state index is -1.78. The van der Waals surface area contributed by atoms with Gasteiger partial charge in [0, 0.05) is 6.42 Å². The molecule has 0 spiro atoms. The van der Waals surface area contributed by atoms with Crippen molar-refractivity contribution >= 4 is 5.91 Å². The highest BCUT2D eigenvalue weighted by molar-refractivity contribution is 5.76. The van der Waals surface area contributed by atoms with Crippen LogP contribution in [0.5, 0.6) is 0 Å². The van der Waals surface area contributed by atoms with Crippen LogP contribution in [0, 0.1) is 0 Å². The van der Waals surface area contributed by atoms with Crippen molar-refractivity contribution in [2.24, 2.45) is 0 Å². The number of nitrogens with one attached hydrogen (secondary N) is 1. The maximum Gasteiger partial charge on any atom is 0.220 e. The van der Waals surface area contributed by atoms with Gasteiger partial charge in [0.1, 0.15) is 48.8 Å². The van der Waals surface area contributed by atoms with E-state index in [1.54, 1.807) is 0 Å². The third-order valence-corrected chi connectivity index (χ3v) is 11.0. The van der Waals surface area contributed by atoms with Crippen LogP contribution in [-0.4, -0.2) is 140 Å². The molecule has 14 nitrogen and oxygen atoms in total. The maximum absolute atomic E-state index is 13.0. The Morgan fingerprint density at radius 2 is 1.13 bits per heavy atom. The Balaban J connectivity index is 1.71. The van der Waals surface area contributed by atoms with Crippen molar-refractivity contribution in [1.29, 1.82) is 0 Å². The number of ether oxygens (including phenoxy) is 4. The first kappa shape index (κ1) is 54.8. The summed E-state index contributed by atoms with van der Waals surface area (Å²) in [6.07, 6.45) is 23.1. The lowest BCUT2D eigenvalue weighted by atomic mass is 9.97. The molecule has 61 heavy (non-hydrogen) atoms. The lowest BCUT2D eigenvalue weighted by molar-refractivity contribution is -0.359. The lowest BCUT2D eigenvalue weighted by Gasteiger charge is -2.46. The Kier molecular flexibility index (Phi) is 30.7. The average Bonchev–Trinajstić information content (AvgIpc) is 3.26. The minimum Gasteiger partial charge on any atom is -0.394 e. The molecule has 0 aromatic carbocycles. The molecule has 2 fully saturated rings. The van der Waals surface area contributed by atoms with Crippen LogP contribution in [0.2, 0.25) is 0 Å². The van der Waals surface area contributed by atoms with E-state index in [-0.39, 0.29) is 18.9 Å². The molecule has 2 saturated heterocycles. The minimum absolute atomic E-state index is 0.232. The lowest BCUT2D eigenvalue weighted by Crippen LogP contribution is -2.65. The summed E-state index contributed by atoms with van der Waals surface area (Å²) in [7, 11) is 0.